The summed E-state index contributed by atoms with van der Waals surface area (Å²) in [6.45, 7) is 2.67. The van der Waals surface area contributed by atoms with E-state index in [9.17, 15) is 4.79 Å². The standard InChI is InChI=1S/C13H14N2O/c1-3-12(11-6-4-5-8-14-11)15-9-7-10(2)13(15)16/h1,4-6,8,10,12H,7,9H2,2H3. The molecule has 0 aromatic carbocycles. The molecule has 1 aliphatic rings. The average molecular weight is 214 g/mol. The van der Waals surface area contributed by atoms with Gasteiger partial charge in [-0.3, -0.25) is 9.78 Å². The molecule has 2 unspecified atom stereocenters. The normalized spacial score (nSPS) is 21.9. The molecule has 1 aromatic heterocycles. The summed E-state index contributed by atoms with van der Waals surface area (Å²) in [5.41, 5.74) is 0.771. The molecule has 2 rings (SSSR count). The quantitative estimate of drug-likeness (QED) is 0.701. The fourth-order valence-electron chi connectivity index (χ4n) is 1.98. The number of terminal acetylenes is 1. The average Bonchev–Trinajstić information content (AvgIpc) is 2.64. The molecule has 0 radical (unpaired) electrons. The lowest BCUT2D eigenvalue weighted by Crippen LogP contribution is -2.31. The lowest BCUT2D eigenvalue weighted by molar-refractivity contribution is -0.131. The highest BCUT2D eigenvalue weighted by Crippen LogP contribution is 2.26. The van der Waals surface area contributed by atoms with E-state index in [0.717, 1.165) is 18.7 Å². The van der Waals surface area contributed by atoms with E-state index in [0.29, 0.717) is 0 Å². The molecule has 0 bridgehead atoms. The van der Waals surface area contributed by atoms with Crippen LogP contribution in [0, 0.1) is 18.3 Å². The van der Waals surface area contributed by atoms with Crippen LogP contribution in [0.15, 0.2) is 24.4 Å². The summed E-state index contributed by atoms with van der Waals surface area (Å²) in [4.78, 5) is 17.8. The van der Waals surface area contributed by atoms with Gasteiger partial charge in [0.05, 0.1) is 5.69 Å². The zero-order chi connectivity index (χ0) is 11.5. The lowest BCUT2D eigenvalue weighted by Gasteiger charge is -2.23. The Hall–Kier alpha value is -1.82. The molecule has 0 N–H and O–H groups in total. The van der Waals surface area contributed by atoms with Crippen LogP contribution in [0.2, 0.25) is 0 Å². The number of aromatic nitrogens is 1. The Bertz CT molecular complexity index is 421. The first-order valence-electron chi connectivity index (χ1n) is 5.41. The molecule has 2 atom stereocenters. The first-order chi connectivity index (χ1) is 7.74. The Balaban J connectivity index is 2.25. The highest BCUT2D eigenvalue weighted by atomic mass is 16.2. The van der Waals surface area contributed by atoms with Crippen molar-refractivity contribution in [3.63, 3.8) is 0 Å². The maximum absolute atomic E-state index is 11.9. The van der Waals surface area contributed by atoms with E-state index < -0.39 is 0 Å². The van der Waals surface area contributed by atoms with Gasteiger partial charge < -0.3 is 4.90 Å². The van der Waals surface area contributed by atoms with E-state index in [1.807, 2.05) is 25.1 Å². The summed E-state index contributed by atoms with van der Waals surface area (Å²) in [5, 5.41) is 0. The van der Waals surface area contributed by atoms with E-state index >= 15 is 0 Å². The van der Waals surface area contributed by atoms with Crippen molar-refractivity contribution in [3.8, 4) is 12.3 Å². The van der Waals surface area contributed by atoms with Crippen molar-refractivity contribution >= 4 is 5.91 Å². The maximum atomic E-state index is 11.9. The van der Waals surface area contributed by atoms with Gasteiger partial charge in [0.2, 0.25) is 5.91 Å². The third-order valence-corrected chi connectivity index (χ3v) is 2.95. The van der Waals surface area contributed by atoms with E-state index in [-0.39, 0.29) is 17.9 Å². The van der Waals surface area contributed by atoms with E-state index in [1.165, 1.54) is 0 Å². The van der Waals surface area contributed by atoms with Crippen LogP contribution < -0.4 is 0 Å². The second-order valence-electron chi connectivity index (χ2n) is 4.05. The molecule has 3 nitrogen and oxygen atoms in total. The van der Waals surface area contributed by atoms with Gasteiger partial charge in [-0.15, -0.1) is 6.42 Å². The minimum atomic E-state index is -0.321. The van der Waals surface area contributed by atoms with E-state index in [2.05, 4.69) is 10.9 Å². The van der Waals surface area contributed by atoms with Gasteiger partial charge in [0, 0.05) is 18.7 Å². The SMILES string of the molecule is C#CC(c1ccccn1)N1CCC(C)C1=O. The van der Waals surface area contributed by atoms with Gasteiger partial charge in [-0.05, 0) is 18.6 Å². The fraction of sp³-hybridized carbons (Fsp3) is 0.385. The molecular weight excluding hydrogens is 200 g/mol. The highest BCUT2D eigenvalue weighted by Gasteiger charge is 2.33. The fourth-order valence-corrected chi connectivity index (χ4v) is 1.98. The summed E-state index contributed by atoms with van der Waals surface area (Å²) >= 11 is 0. The number of likely N-dealkylation sites (tertiary alicyclic amines) is 1. The third-order valence-electron chi connectivity index (χ3n) is 2.95. The van der Waals surface area contributed by atoms with Crippen LogP contribution in [0.1, 0.15) is 25.1 Å². The summed E-state index contributed by atoms with van der Waals surface area (Å²) in [6.07, 6.45) is 8.09. The molecule has 1 fully saturated rings. The molecule has 1 aromatic rings. The number of rotatable bonds is 2. The first kappa shape index (κ1) is 10.7. The zero-order valence-electron chi connectivity index (χ0n) is 9.26. The predicted octanol–water partition coefficient (Wildman–Crippen LogP) is 1.62. The van der Waals surface area contributed by atoms with Crippen molar-refractivity contribution in [3.05, 3.63) is 30.1 Å². The Morgan fingerprint density at radius 3 is 2.94 bits per heavy atom. The summed E-state index contributed by atoms with van der Waals surface area (Å²) in [6, 6.07) is 5.27. The van der Waals surface area contributed by atoms with E-state index in [1.54, 1.807) is 11.1 Å². The molecule has 0 spiro atoms. The van der Waals surface area contributed by atoms with E-state index in [4.69, 9.17) is 6.42 Å². The van der Waals surface area contributed by atoms with Gasteiger partial charge in [0.25, 0.3) is 0 Å². The Labute approximate surface area is 95.5 Å². The summed E-state index contributed by atoms with van der Waals surface area (Å²) in [7, 11) is 0. The minimum Gasteiger partial charge on any atom is -0.323 e. The second-order valence-corrected chi connectivity index (χ2v) is 4.05. The van der Waals surface area contributed by atoms with Crippen LogP contribution in [0.5, 0.6) is 0 Å². The number of amides is 1. The molecule has 1 saturated heterocycles. The molecular formula is C13H14N2O. The largest absolute Gasteiger partial charge is 0.323 e. The number of nitrogens with zero attached hydrogens (tertiary/aromatic N) is 2. The molecule has 16 heavy (non-hydrogen) atoms. The lowest BCUT2D eigenvalue weighted by atomic mass is 10.1. The highest BCUT2D eigenvalue weighted by molar-refractivity contribution is 5.81. The molecule has 3 heteroatoms. The van der Waals surface area contributed by atoms with Gasteiger partial charge in [-0.25, -0.2) is 0 Å². The van der Waals surface area contributed by atoms with Crippen molar-refractivity contribution in [1.29, 1.82) is 0 Å². The van der Waals surface area contributed by atoms with Gasteiger partial charge in [-0.1, -0.05) is 18.9 Å². The van der Waals surface area contributed by atoms with Gasteiger partial charge in [0.15, 0.2) is 0 Å². The number of hydrogen-bond acceptors (Lipinski definition) is 2. The topological polar surface area (TPSA) is 33.2 Å². The Kier molecular flexibility index (Phi) is 2.91. The van der Waals surface area contributed by atoms with Crippen LogP contribution in [0.3, 0.4) is 0 Å². The van der Waals surface area contributed by atoms with Crippen molar-refractivity contribution in [2.75, 3.05) is 6.54 Å². The van der Waals surface area contributed by atoms with Gasteiger partial charge in [-0.2, -0.15) is 0 Å². The van der Waals surface area contributed by atoms with Crippen molar-refractivity contribution in [1.82, 2.24) is 9.88 Å². The van der Waals surface area contributed by atoms with Crippen LogP contribution in [-0.2, 0) is 4.79 Å². The molecule has 0 aliphatic carbocycles. The van der Waals surface area contributed by atoms with Gasteiger partial charge >= 0.3 is 0 Å². The minimum absolute atomic E-state index is 0.0829. The van der Waals surface area contributed by atoms with Crippen LogP contribution in [-0.4, -0.2) is 22.3 Å². The third kappa shape index (κ3) is 1.79. The molecule has 1 aliphatic heterocycles. The first-order valence-corrected chi connectivity index (χ1v) is 5.41. The van der Waals surface area contributed by atoms with Crippen LogP contribution >= 0.6 is 0 Å². The number of hydrogen-bond donors (Lipinski definition) is 0. The van der Waals surface area contributed by atoms with Crippen molar-refractivity contribution in [2.45, 2.75) is 19.4 Å². The molecule has 0 saturated carbocycles. The second kappa shape index (κ2) is 4.36. The summed E-state index contributed by atoms with van der Waals surface area (Å²) in [5.74, 6) is 2.87. The number of carbonyl (C=O) groups is 1. The zero-order valence-corrected chi connectivity index (χ0v) is 9.26. The molecule has 82 valence electrons. The van der Waals surface area contributed by atoms with Crippen LogP contribution in [0.4, 0.5) is 0 Å². The Morgan fingerprint density at radius 1 is 1.62 bits per heavy atom. The van der Waals surface area contributed by atoms with Crippen molar-refractivity contribution < 1.29 is 4.79 Å². The monoisotopic (exact) mass is 214 g/mol. The van der Waals surface area contributed by atoms with Gasteiger partial charge in [0.1, 0.15) is 6.04 Å². The molecule has 1 amide bonds. The predicted molar refractivity (Wildman–Crippen MR) is 61.3 cm³/mol. The smallest absolute Gasteiger partial charge is 0.226 e. The summed E-state index contributed by atoms with van der Waals surface area (Å²) < 4.78 is 0. The number of carbonyl (C=O) groups excluding carboxylic acids is 1. The van der Waals surface area contributed by atoms with Crippen molar-refractivity contribution in [2.24, 2.45) is 5.92 Å². The maximum Gasteiger partial charge on any atom is 0.226 e. The molecule has 2 heterocycles. The van der Waals surface area contributed by atoms with Crippen LogP contribution in [0.25, 0.3) is 0 Å². The Morgan fingerprint density at radius 2 is 2.44 bits per heavy atom. The number of pyridine rings is 1.